The normalized spacial score (nSPS) is 13.0. The maximum Gasteiger partial charge on any atom is 0.309 e. The molecule has 10 heteroatoms. The molecule has 3 aromatic rings. The van der Waals surface area contributed by atoms with Gasteiger partial charge in [-0.25, -0.2) is 9.97 Å². The highest BCUT2D eigenvalue weighted by atomic mass is 16.4. The summed E-state index contributed by atoms with van der Waals surface area (Å²) < 4.78 is 5.71. The van der Waals surface area contributed by atoms with Crippen molar-refractivity contribution in [1.29, 1.82) is 0 Å². The molecular formula is C30H42N8O2. The number of carbonyl (C=O) groups is 1. The van der Waals surface area contributed by atoms with Crippen molar-refractivity contribution in [2.24, 2.45) is 10.7 Å². The van der Waals surface area contributed by atoms with Crippen molar-refractivity contribution < 1.29 is 9.21 Å². The minimum atomic E-state index is -0.361. The van der Waals surface area contributed by atoms with Crippen LogP contribution in [0.15, 0.2) is 51.8 Å². The molecule has 2 heterocycles. The zero-order valence-electron chi connectivity index (χ0n) is 24.5. The van der Waals surface area contributed by atoms with Crippen LogP contribution in [0.3, 0.4) is 0 Å². The first-order chi connectivity index (χ1) is 19.2. The van der Waals surface area contributed by atoms with E-state index in [1.807, 2.05) is 32.9 Å². The fourth-order valence-electron chi connectivity index (χ4n) is 4.29. The van der Waals surface area contributed by atoms with Gasteiger partial charge >= 0.3 is 11.8 Å². The Morgan fingerprint density at radius 3 is 2.60 bits per heavy atom. The fourth-order valence-corrected chi connectivity index (χ4v) is 4.29. The SMILES string of the molecule is CCCCCCC(NC(=O)c1nnc(C(C)(C)C)o1)c1ccc(-c2ccnc(NC(C=NC)=CN)n2)cc1CC. The van der Waals surface area contributed by atoms with Crippen LogP contribution in [0.1, 0.15) is 100 Å². The number of anilines is 1. The number of hydrogen-bond donors (Lipinski definition) is 3. The number of hydrogen-bond acceptors (Lipinski definition) is 9. The van der Waals surface area contributed by atoms with Gasteiger partial charge in [0.15, 0.2) is 0 Å². The number of nitrogens with zero attached hydrogens (tertiary/aromatic N) is 5. The minimum absolute atomic E-state index is 0.0156. The fraction of sp³-hybridized carbons (Fsp3) is 0.467. The number of carbonyl (C=O) groups excluding carboxylic acids is 1. The Kier molecular flexibility index (Phi) is 10.9. The molecule has 0 spiro atoms. The number of nitrogens with two attached hydrogens (primary N) is 1. The largest absolute Gasteiger partial charge is 0.416 e. The standard InChI is InChI=1S/C30H42N8O2/c1-7-9-10-11-12-25(35-26(39)27-37-38-28(40-27)30(3,4)5)23-14-13-21(17-20(23)8-2)24-15-16-33-29(36-24)34-22(18-31)19-32-6/h13-19,25H,7-12,31H2,1-6H3,(H,35,39)(H,33,34,36). The van der Waals surface area contributed by atoms with E-state index >= 15 is 0 Å². The predicted molar refractivity (Wildman–Crippen MR) is 159 cm³/mol. The average molecular weight is 547 g/mol. The third-order valence-corrected chi connectivity index (χ3v) is 6.47. The Morgan fingerprint density at radius 1 is 1.15 bits per heavy atom. The van der Waals surface area contributed by atoms with Crippen LogP contribution in [0.2, 0.25) is 0 Å². The van der Waals surface area contributed by atoms with Gasteiger partial charge in [0.2, 0.25) is 11.8 Å². The minimum Gasteiger partial charge on any atom is -0.416 e. The van der Waals surface area contributed by atoms with E-state index in [1.54, 1.807) is 19.5 Å². The molecule has 1 atom stereocenters. The molecular weight excluding hydrogens is 504 g/mol. The van der Waals surface area contributed by atoms with Crippen LogP contribution in [0, 0.1) is 0 Å². The van der Waals surface area contributed by atoms with Crippen LogP contribution < -0.4 is 16.4 Å². The number of rotatable bonds is 13. The van der Waals surface area contributed by atoms with Crippen molar-refractivity contribution in [1.82, 2.24) is 25.5 Å². The highest BCUT2D eigenvalue weighted by Gasteiger charge is 2.26. The lowest BCUT2D eigenvalue weighted by molar-refractivity contribution is 0.0895. The van der Waals surface area contributed by atoms with Gasteiger partial charge in [-0.05, 0) is 36.1 Å². The third-order valence-electron chi connectivity index (χ3n) is 6.47. The summed E-state index contributed by atoms with van der Waals surface area (Å²) in [7, 11) is 1.67. The second-order valence-electron chi connectivity index (χ2n) is 10.7. The first kappa shape index (κ1) is 30.5. The second kappa shape index (κ2) is 14.3. The maximum atomic E-state index is 13.2. The average Bonchev–Trinajstić information content (AvgIpc) is 3.46. The molecule has 0 saturated heterocycles. The molecule has 0 aliphatic heterocycles. The van der Waals surface area contributed by atoms with Gasteiger partial charge in [0.05, 0.1) is 17.4 Å². The zero-order chi connectivity index (χ0) is 29.1. The summed E-state index contributed by atoms with van der Waals surface area (Å²) in [4.78, 5) is 26.1. The van der Waals surface area contributed by atoms with Gasteiger partial charge in [0.1, 0.15) is 0 Å². The summed E-state index contributed by atoms with van der Waals surface area (Å²) >= 11 is 0. The first-order valence-electron chi connectivity index (χ1n) is 13.9. The van der Waals surface area contributed by atoms with E-state index in [1.165, 1.54) is 6.20 Å². The lowest BCUT2D eigenvalue weighted by atomic mass is 9.92. The molecule has 0 radical (unpaired) electrons. The molecule has 214 valence electrons. The molecule has 1 amide bonds. The molecule has 2 aromatic heterocycles. The summed E-state index contributed by atoms with van der Waals surface area (Å²) in [6, 6.07) is 7.92. The van der Waals surface area contributed by atoms with Crippen molar-refractivity contribution in [3.05, 3.63) is 65.3 Å². The number of nitrogens with one attached hydrogen (secondary N) is 2. The smallest absolute Gasteiger partial charge is 0.309 e. The second-order valence-corrected chi connectivity index (χ2v) is 10.7. The Hall–Kier alpha value is -4.08. The lowest BCUT2D eigenvalue weighted by Gasteiger charge is -2.22. The Bertz CT molecular complexity index is 1320. The van der Waals surface area contributed by atoms with Crippen molar-refractivity contribution in [3.63, 3.8) is 0 Å². The molecule has 10 nitrogen and oxygen atoms in total. The van der Waals surface area contributed by atoms with Crippen molar-refractivity contribution in [2.45, 2.75) is 84.6 Å². The van der Waals surface area contributed by atoms with Crippen molar-refractivity contribution in [3.8, 4) is 11.3 Å². The Balaban J connectivity index is 1.89. The maximum absolute atomic E-state index is 13.2. The molecule has 4 N–H and O–H groups in total. The summed E-state index contributed by atoms with van der Waals surface area (Å²) in [5, 5.41) is 14.3. The van der Waals surface area contributed by atoms with Gasteiger partial charge in [-0.3, -0.25) is 9.79 Å². The number of aromatic nitrogens is 4. The summed E-state index contributed by atoms with van der Waals surface area (Å²) in [5.41, 5.74) is 9.86. The Labute approximate surface area is 237 Å². The van der Waals surface area contributed by atoms with Gasteiger partial charge in [-0.2, -0.15) is 0 Å². The first-order valence-corrected chi connectivity index (χ1v) is 13.9. The molecule has 0 saturated carbocycles. The monoisotopic (exact) mass is 546 g/mol. The van der Waals surface area contributed by atoms with E-state index in [2.05, 4.69) is 61.8 Å². The summed E-state index contributed by atoms with van der Waals surface area (Å²) in [6.07, 6.45) is 10.7. The van der Waals surface area contributed by atoms with Gasteiger partial charge in [-0.1, -0.05) is 72.4 Å². The molecule has 0 bridgehead atoms. The topological polar surface area (TPSA) is 144 Å². The molecule has 1 unspecified atom stereocenters. The highest BCUT2D eigenvalue weighted by Crippen LogP contribution is 2.29. The van der Waals surface area contributed by atoms with Crippen LogP contribution >= 0.6 is 0 Å². The molecule has 40 heavy (non-hydrogen) atoms. The van der Waals surface area contributed by atoms with Gasteiger partial charge < -0.3 is 20.8 Å². The summed E-state index contributed by atoms with van der Waals surface area (Å²) in [5.74, 6) is 0.482. The third kappa shape index (κ3) is 8.21. The van der Waals surface area contributed by atoms with Crippen molar-refractivity contribution >= 4 is 18.1 Å². The van der Waals surface area contributed by atoms with Gasteiger partial charge in [0.25, 0.3) is 0 Å². The van der Waals surface area contributed by atoms with E-state index in [0.717, 1.165) is 60.9 Å². The number of unbranched alkanes of at least 4 members (excludes halogenated alkanes) is 3. The van der Waals surface area contributed by atoms with E-state index in [9.17, 15) is 4.79 Å². The van der Waals surface area contributed by atoms with Crippen LogP contribution in [0.5, 0.6) is 0 Å². The highest BCUT2D eigenvalue weighted by molar-refractivity contribution is 5.89. The number of benzene rings is 1. The van der Waals surface area contributed by atoms with Crippen molar-refractivity contribution in [2.75, 3.05) is 12.4 Å². The quantitative estimate of drug-likeness (QED) is 0.182. The van der Waals surface area contributed by atoms with E-state index < -0.39 is 0 Å². The number of allylic oxidation sites excluding steroid dienone is 1. The molecule has 3 rings (SSSR count). The van der Waals surface area contributed by atoms with Crippen LogP contribution in [-0.2, 0) is 11.8 Å². The molecule has 1 aromatic carbocycles. The van der Waals surface area contributed by atoms with Crippen LogP contribution in [0.4, 0.5) is 5.95 Å². The number of amides is 1. The van der Waals surface area contributed by atoms with E-state index in [-0.39, 0.29) is 23.3 Å². The van der Waals surface area contributed by atoms with E-state index in [0.29, 0.717) is 17.5 Å². The predicted octanol–water partition coefficient (Wildman–Crippen LogP) is 5.74. The van der Waals surface area contributed by atoms with Gasteiger partial charge in [-0.15, -0.1) is 10.2 Å². The molecule has 0 fully saturated rings. The van der Waals surface area contributed by atoms with Crippen LogP contribution in [-0.4, -0.2) is 39.3 Å². The summed E-state index contributed by atoms with van der Waals surface area (Å²) in [6.45, 7) is 10.2. The zero-order valence-corrected chi connectivity index (χ0v) is 24.5. The lowest BCUT2D eigenvalue weighted by Crippen LogP contribution is -2.29. The molecule has 0 aliphatic rings. The Morgan fingerprint density at radius 2 is 1.95 bits per heavy atom. The number of aryl methyl sites for hydroxylation is 1. The number of aliphatic imine (C=N–C) groups is 1. The van der Waals surface area contributed by atoms with Crippen LogP contribution in [0.25, 0.3) is 11.3 Å². The van der Waals surface area contributed by atoms with E-state index in [4.69, 9.17) is 10.2 Å². The molecule has 0 aliphatic carbocycles. The van der Waals surface area contributed by atoms with Gasteiger partial charge in [0, 0.05) is 36.6 Å².